The van der Waals surface area contributed by atoms with Crippen molar-refractivity contribution < 1.29 is 19.8 Å². The molecule has 2 heterocycles. The lowest BCUT2D eigenvalue weighted by Crippen LogP contribution is -2.29. The number of carbonyl (C=O) groups excluding carboxylic acids is 2. The Labute approximate surface area is 237 Å². The average molecular weight is 550 g/mol. The number of hydrogen-bond donors (Lipinski definition) is 4. The van der Waals surface area contributed by atoms with Crippen LogP contribution in [0.1, 0.15) is 64.0 Å². The number of aromatic nitrogens is 3. The molecule has 0 atom stereocenters. The third-order valence-corrected chi connectivity index (χ3v) is 6.70. The third kappa shape index (κ3) is 5.60. The number of hydrogen-bond acceptors (Lipinski definition) is 6. The van der Waals surface area contributed by atoms with Crippen LogP contribution in [0.15, 0.2) is 71.7 Å². The molecule has 5 rings (SSSR count). The number of nitrogens with one attached hydrogen (secondary N) is 2. The fraction of sp³-hybridized carbons (Fsp3) is 0.188. The van der Waals surface area contributed by atoms with E-state index in [1.54, 1.807) is 72.3 Å². The summed E-state index contributed by atoms with van der Waals surface area (Å²) in [5, 5.41) is 28.4. The number of benzene rings is 3. The summed E-state index contributed by atoms with van der Waals surface area (Å²) >= 11 is 0. The van der Waals surface area contributed by atoms with Gasteiger partial charge in [-0.05, 0) is 82.6 Å². The van der Waals surface area contributed by atoms with Crippen molar-refractivity contribution in [3.05, 3.63) is 100 Å². The zero-order valence-electron chi connectivity index (χ0n) is 23.5. The van der Waals surface area contributed by atoms with Crippen LogP contribution < -0.4 is 5.32 Å². The third-order valence-electron chi connectivity index (χ3n) is 6.70. The van der Waals surface area contributed by atoms with E-state index < -0.39 is 0 Å². The number of amides is 1. The number of H-pyrrole nitrogens is 1. The molecule has 41 heavy (non-hydrogen) atoms. The van der Waals surface area contributed by atoms with Crippen molar-refractivity contribution in [1.29, 1.82) is 0 Å². The number of anilines is 1. The van der Waals surface area contributed by atoms with Gasteiger partial charge in [-0.3, -0.25) is 19.3 Å². The molecule has 2 aromatic heterocycles. The Hall–Kier alpha value is -5.18. The largest absolute Gasteiger partial charge is 0.508 e. The monoisotopic (exact) mass is 549 g/mol. The van der Waals surface area contributed by atoms with Crippen molar-refractivity contribution in [1.82, 2.24) is 14.8 Å². The Kier molecular flexibility index (Phi) is 6.96. The molecule has 0 unspecified atom stereocenters. The lowest BCUT2D eigenvalue weighted by atomic mass is 10.0. The minimum Gasteiger partial charge on any atom is -0.508 e. The number of rotatable bonds is 6. The van der Waals surface area contributed by atoms with Crippen LogP contribution in [0, 0.1) is 13.8 Å². The van der Waals surface area contributed by atoms with Gasteiger partial charge in [0.05, 0.1) is 22.5 Å². The second-order valence-electron chi connectivity index (χ2n) is 11.0. The molecule has 0 fully saturated rings. The first-order chi connectivity index (χ1) is 19.4. The minimum absolute atomic E-state index is 0.0841. The van der Waals surface area contributed by atoms with E-state index in [1.165, 1.54) is 12.3 Å². The number of aromatic hydroxyl groups is 2. The van der Waals surface area contributed by atoms with Crippen LogP contribution in [-0.2, 0) is 5.54 Å². The average Bonchev–Trinajstić information content (AvgIpc) is 3.48. The molecule has 9 heteroatoms. The van der Waals surface area contributed by atoms with Crippen LogP contribution in [0.5, 0.6) is 11.6 Å². The highest BCUT2D eigenvalue weighted by Gasteiger charge is 2.23. The van der Waals surface area contributed by atoms with Gasteiger partial charge in [0, 0.05) is 40.0 Å². The number of aryl methyl sites for hydroxylation is 2. The molecule has 0 aliphatic heterocycles. The Morgan fingerprint density at radius 2 is 1.73 bits per heavy atom. The summed E-state index contributed by atoms with van der Waals surface area (Å²) in [6, 6.07) is 18.6. The molecule has 4 N–H and O–H groups in total. The first-order valence-corrected chi connectivity index (χ1v) is 13.1. The predicted octanol–water partition coefficient (Wildman–Crippen LogP) is 6.38. The lowest BCUT2D eigenvalue weighted by Gasteiger charge is -2.22. The van der Waals surface area contributed by atoms with Gasteiger partial charge in [-0.1, -0.05) is 18.2 Å². The highest BCUT2D eigenvalue weighted by molar-refractivity contribution is 6.13. The highest BCUT2D eigenvalue weighted by Crippen LogP contribution is 2.29. The van der Waals surface area contributed by atoms with Crippen LogP contribution in [0.2, 0.25) is 0 Å². The smallest absolute Gasteiger partial charge is 0.273 e. The molecule has 9 nitrogen and oxygen atoms in total. The summed E-state index contributed by atoms with van der Waals surface area (Å²) < 4.78 is 1.69. The highest BCUT2D eigenvalue weighted by atomic mass is 16.3. The van der Waals surface area contributed by atoms with Crippen LogP contribution in [-0.4, -0.2) is 42.9 Å². The van der Waals surface area contributed by atoms with Gasteiger partial charge in [-0.2, -0.15) is 5.10 Å². The van der Waals surface area contributed by atoms with Crippen LogP contribution >= 0.6 is 0 Å². The Bertz CT molecular complexity index is 1840. The van der Waals surface area contributed by atoms with Crippen molar-refractivity contribution in [3.8, 4) is 11.6 Å². The summed E-state index contributed by atoms with van der Waals surface area (Å²) in [4.78, 5) is 33.9. The molecule has 3 aromatic carbocycles. The molecule has 0 bridgehead atoms. The number of ketones is 1. The molecule has 5 aromatic rings. The first-order valence-electron chi connectivity index (χ1n) is 13.1. The van der Waals surface area contributed by atoms with Crippen LogP contribution in [0.3, 0.4) is 0 Å². The molecule has 0 saturated heterocycles. The Balaban J connectivity index is 1.41. The van der Waals surface area contributed by atoms with Gasteiger partial charge in [-0.25, -0.2) is 0 Å². The van der Waals surface area contributed by atoms with E-state index in [0.717, 1.165) is 11.3 Å². The molecular weight excluding hydrogens is 518 g/mol. The summed E-state index contributed by atoms with van der Waals surface area (Å²) in [7, 11) is 0. The normalized spacial score (nSPS) is 11.8. The van der Waals surface area contributed by atoms with Gasteiger partial charge in [0.2, 0.25) is 0 Å². The maximum absolute atomic E-state index is 13.5. The van der Waals surface area contributed by atoms with E-state index in [-0.39, 0.29) is 28.9 Å². The number of fused-ring (bicyclic) bond motifs is 1. The number of carbonyl (C=O) groups is 2. The minimum atomic E-state index is -0.379. The molecule has 208 valence electrons. The van der Waals surface area contributed by atoms with Crippen molar-refractivity contribution in [3.63, 3.8) is 0 Å². The predicted molar refractivity (Wildman–Crippen MR) is 160 cm³/mol. The fourth-order valence-corrected chi connectivity index (χ4v) is 4.56. The van der Waals surface area contributed by atoms with E-state index in [2.05, 4.69) is 20.4 Å². The van der Waals surface area contributed by atoms with E-state index in [0.29, 0.717) is 44.7 Å². The number of aromatic amines is 1. The van der Waals surface area contributed by atoms with Gasteiger partial charge in [0.15, 0.2) is 11.7 Å². The topological polar surface area (TPSA) is 133 Å². The lowest BCUT2D eigenvalue weighted by molar-refractivity contribution is 0.100. The maximum atomic E-state index is 13.5. The maximum Gasteiger partial charge on any atom is 0.273 e. The second kappa shape index (κ2) is 10.4. The summed E-state index contributed by atoms with van der Waals surface area (Å²) in [6.45, 7) is 9.55. The van der Waals surface area contributed by atoms with Gasteiger partial charge in [0.25, 0.3) is 5.91 Å². The molecule has 0 aliphatic rings. The van der Waals surface area contributed by atoms with E-state index >= 15 is 0 Å². The van der Waals surface area contributed by atoms with Crippen molar-refractivity contribution >= 4 is 40.2 Å². The Morgan fingerprint density at radius 3 is 2.46 bits per heavy atom. The number of nitrogens with zero attached hydrogens (tertiary/aromatic N) is 3. The van der Waals surface area contributed by atoms with Crippen LogP contribution in [0.4, 0.5) is 11.4 Å². The van der Waals surface area contributed by atoms with E-state index in [4.69, 9.17) is 0 Å². The molecular formula is C32H31N5O4. The zero-order chi connectivity index (χ0) is 29.5. The van der Waals surface area contributed by atoms with Crippen molar-refractivity contribution in [2.45, 2.75) is 40.2 Å². The standard InChI is InChI=1S/C32H31N5O4/c1-18-9-11-22(16-28(18)38)33-17-25-24-15-21(10-12-26(24)35-30(25)40)29(39)20-7-6-8-23(14-20)34-31(41)27-13-19(2)36-37(27)32(3,4)5/h6-17,35,38,40H,1-5H3,(H,34,41). The van der Waals surface area contributed by atoms with Crippen molar-refractivity contribution in [2.24, 2.45) is 4.99 Å². The summed E-state index contributed by atoms with van der Waals surface area (Å²) in [5.41, 5.74) is 4.38. The summed E-state index contributed by atoms with van der Waals surface area (Å²) in [6.07, 6.45) is 1.49. The van der Waals surface area contributed by atoms with Gasteiger partial charge < -0.3 is 20.5 Å². The first kappa shape index (κ1) is 27.4. The van der Waals surface area contributed by atoms with E-state index in [9.17, 15) is 19.8 Å². The Morgan fingerprint density at radius 1 is 0.976 bits per heavy atom. The van der Waals surface area contributed by atoms with Crippen molar-refractivity contribution in [2.75, 3.05) is 5.32 Å². The fourth-order valence-electron chi connectivity index (χ4n) is 4.56. The number of phenolic OH excluding ortho intramolecular Hbond substituents is 1. The van der Waals surface area contributed by atoms with Crippen LogP contribution in [0.25, 0.3) is 10.9 Å². The molecule has 0 radical (unpaired) electrons. The summed E-state index contributed by atoms with van der Waals surface area (Å²) in [5.74, 6) is -0.519. The van der Waals surface area contributed by atoms with E-state index in [1.807, 2.05) is 27.7 Å². The second-order valence-corrected chi connectivity index (χ2v) is 11.0. The van der Waals surface area contributed by atoms with Gasteiger partial charge in [-0.15, -0.1) is 0 Å². The number of phenols is 1. The molecule has 0 saturated carbocycles. The molecule has 0 spiro atoms. The molecule has 1 amide bonds. The molecule has 0 aliphatic carbocycles. The van der Waals surface area contributed by atoms with Gasteiger partial charge in [0.1, 0.15) is 11.4 Å². The zero-order valence-corrected chi connectivity index (χ0v) is 23.5. The number of aliphatic imine (C=N–C) groups is 1. The SMILES string of the molecule is Cc1cc(C(=O)Nc2cccc(C(=O)c3ccc4[nH]c(O)c(C=Nc5ccc(C)c(O)c5)c4c3)c2)n(C(C)(C)C)n1. The van der Waals surface area contributed by atoms with Gasteiger partial charge >= 0.3 is 0 Å². The quantitative estimate of drug-likeness (QED) is 0.144.